The molecule has 0 amide bonds. The number of aromatic nitrogens is 2. The monoisotopic (exact) mass is 274 g/mol. The normalized spacial score (nSPS) is 12.8. The number of rotatable bonds is 2. The average molecular weight is 274 g/mol. The van der Waals surface area contributed by atoms with E-state index in [-0.39, 0.29) is 0 Å². The van der Waals surface area contributed by atoms with Gasteiger partial charge in [0.05, 0.1) is 5.52 Å². The first-order valence-electron chi connectivity index (χ1n) is 6.92. The van der Waals surface area contributed by atoms with Crippen LogP contribution >= 0.6 is 0 Å². The second kappa shape index (κ2) is 4.72. The van der Waals surface area contributed by atoms with E-state index < -0.39 is 6.10 Å². The zero-order chi connectivity index (χ0) is 14.2. The van der Waals surface area contributed by atoms with Gasteiger partial charge in [-0.2, -0.15) is 0 Å². The second-order valence-corrected chi connectivity index (χ2v) is 5.11. The van der Waals surface area contributed by atoms with Crippen LogP contribution in [0.1, 0.15) is 17.2 Å². The van der Waals surface area contributed by atoms with Crippen LogP contribution in [0.2, 0.25) is 0 Å². The number of benzene rings is 2. The van der Waals surface area contributed by atoms with Gasteiger partial charge in [0.25, 0.3) is 0 Å². The summed E-state index contributed by atoms with van der Waals surface area (Å²) < 4.78 is 0. The molecule has 3 heteroatoms. The first-order valence-corrected chi connectivity index (χ1v) is 6.92. The summed E-state index contributed by atoms with van der Waals surface area (Å²) in [6, 6.07) is 17.7. The van der Waals surface area contributed by atoms with Crippen LogP contribution in [0.5, 0.6) is 0 Å². The summed E-state index contributed by atoms with van der Waals surface area (Å²) in [6.45, 7) is 0. The number of hydrogen-bond donors (Lipinski definition) is 2. The smallest absolute Gasteiger partial charge is 0.107 e. The average Bonchev–Trinajstić information content (AvgIpc) is 3.02. The summed E-state index contributed by atoms with van der Waals surface area (Å²) >= 11 is 0. The molecule has 102 valence electrons. The number of aliphatic hydroxyl groups excluding tert-OH is 1. The highest BCUT2D eigenvalue weighted by Crippen LogP contribution is 2.31. The van der Waals surface area contributed by atoms with Crippen molar-refractivity contribution >= 4 is 21.8 Å². The lowest BCUT2D eigenvalue weighted by Gasteiger charge is -2.14. The minimum absolute atomic E-state index is 0.692. The lowest BCUT2D eigenvalue weighted by molar-refractivity contribution is 0.223. The molecule has 2 aromatic heterocycles. The van der Waals surface area contributed by atoms with Gasteiger partial charge >= 0.3 is 0 Å². The third-order valence-corrected chi connectivity index (χ3v) is 3.88. The van der Waals surface area contributed by atoms with Crippen molar-refractivity contribution in [1.29, 1.82) is 0 Å². The van der Waals surface area contributed by atoms with Crippen molar-refractivity contribution < 1.29 is 5.11 Å². The van der Waals surface area contributed by atoms with Gasteiger partial charge < -0.3 is 10.1 Å². The van der Waals surface area contributed by atoms with Gasteiger partial charge in [0, 0.05) is 34.2 Å². The van der Waals surface area contributed by atoms with Gasteiger partial charge in [0.15, 0.2) is 0 Å². The van der Waals surface area contributed by atoms with Gasteiger partial charge in [-0.15, -0.1) is 0 Å². The van der Waals surface area contributed by atoms with E-state index in [1.54, 1.807) is 6.20 Å². The van der Waals surface area contributed by atoms with Gasteiger partial charge in [0.1, 0.15) is 6.10 Å². The Bertz CT molecular complexity index is 921. The van der Waals surface area contributed by atoms with Crippen LogP contribution in [0.15, 0.2) is 67.0 Å². The van der Waals surface area contributed by atoms with Crippen molar-refractivity contribution in [3.05, 3.63) is 78.1 Å². The lowest BCUT2D eigenvalue weighted by Crippen LogP contribution is -2.01. The number of pyridine rings is 1. The number of aromatic amines is 1. The Hall–Kier alpha value is -2.65. The molecule has 1 unspecified atom stereocenters. The topological polar surface area (TPSA) is 48.9 Å². The maximum absolute atomic E-state index is 10.9. The highest BCUT2D eigenvalue weighted by Gasteiger charge is 2.16. The maximum atomic E-state index is 10.9. The highest BCUT2D eigenvalue weighted by atomic mass is 16.3. The standard InChI is InChI=1S/C18H14N2O/c21-18(14-6-2-8-16-13(14)9-11-19-16)15-7-1-4-12-5-3-10-20-17(12)15/h1-11,18-19,21H. The largest absolute Gasteiger partial charge is 0.384 e. The second-order valence-electron chi connectivity index (χ2n) is 5.11. The summed E-state index contributed by atoms with van der Waals surface area (Å²) in [4.78, 5) is 7.60. The van der Waals surface area contributed by atoms with E-state index >= 15 is 0 Å². The van der Waals surface area contributed by atoms with E-state index in [0.29, 0.717) is 0 Å². The predicted octanol–water partition coefficient (Wildman–Crippen LogP) is 3.80. The first kappa shape index (κ1) is 12.1. The Morgan fingerprint density at radius 1 is 0.905 bits per heavy atom. The number of para-hydroxylation sites is 1. The van der Waals surface area contributed by atoms with Crippen molar-refractivity contribution in [1.82, 2.24) is 9.97 Å². The van der Waals surface area contributed by atoms with Gasteiger partial charge in [0.2, 0.25) is 0 Å². The molecular weight excluding hydrogens is 260 g/mol. The maximum Gasteiger partial charge on any atom is 0.107 e. The fourth-order valence-electron chi connectivity index (χ4n) is 2.86. The molecule has 2 aromatic carbocycles. The van der Waals surface area contributed by atoms with Gasteiger partial charge in [-0.3, -0.25) is 4.98 Å². The molecule has 0 radical (unpaired) electrons. The van der Waals surface area contributed by atoms with E-state index in [4.69, 9.17) is 0 Å². The number of nitrogens with zero attached hydrogens (tertiary/aromatic N) is 1. The molecule has 0 fully saturated rings. The zero-order valence-corrected chi connectivity index (χ0v) is 11.3. The minimum atomic E-state index is -0.692. The number of nitrogens with one attached hydrogen (secondary N) is 1. The Labute approximate surface area is 121 Å². The van der Waals surface area contributed by atoms with Crippen LogP contribution in [0.4, 0.5) is 0 Å². The molecule has 4 rings (SSSR count). The molecule has 0 aliphatic carbocycles. The lowest BCUT2D eigenvalue weighted by atomic mass is 9.96. The van der Waals surface area contributed by atoms with Crippen molar-refractivity contribution in [2.75, 3.05) is 0 Å². The molecule has 0 aliphatic heterocycles. The van der Waals surface area contributed by atoms with Crippen LogP contribution in [-0.2, 0) is 0 Å². The molecule has 0 saturated carbocycles. The van der Waals surface area contributed by atoms with Gasteiger partial charge in [-0.1, -0.05) is 36.4 Å². The number of H-pyrrole nitrogens is 1. The number of aliphatic hydroxyl groups is 1. The molecule has 3 nitrogen and oxygen atoms in total. The number of fused-ring (bicyclic) bond motifs is 2. The van der Waals surface area contributed by atoms with Gasteiger partial charge in [-0.25, -0.2) is 0 Å². The third kappa shape index (κ3) is 1.90. The predicted molar refractivity (Wildman–Crippen MR) is 84.1 cm³/mol. The molecule has 2 heterocycles. The van der Waals surface area contributed by atoms with E-state index in [9.17, 15) is 5.11 Å². The summed E-state index contributed by atoms with van der Waals surface area (Å²) in [5.41, 5.74) is 3.61. The third-order valence-electron chi connectivity index (χ3n) is 3.88. The van der Waals surface area contributed by atoms with E-state index in [1.807, 2.05) is 60.8 Å². The quantitative estimate of drug-likeness (QED) is 0.584. The SMILES string of the molecule is OC(c1cccc2[nH]ccc12)c1cccc2cccnc12. The van der Waals surface area contributed by atoms with Gasteiger partial charge in [-0.05, 0) is 23.8 Å². The van der Waals surface area contributed by atoms with Crippen molar-refractivity contribution in [3.8, 4) is 0 Å². The van der Waals surface area contributed by atoms with E-state index in [0.717, 1.165) is 32.9 Å². The van der Waals surface area contributed by atoms with Crippen LogP contribution in [0.25, 0.3) is 21.8 Å². The van der Waals surface area contributed by atoms with Crippen LogP contribution in [0.3, 0.4) is 0 Å². The fraction of sp³-hybridized carbons (Fsp3) is 0.0556. The van der Waals surface area contributed by atoms with Crippen molar-refractivity contribution in [2.45, 2.75) is 6.10 Å². The fourth-order valence-corrected chi connectivity index (χ4v) is 2.86. The molecule has 0 bridgehead atoms. The molecule has 0 spiro atoms. The van der Waals surface area contributed by atoms with Crippen LogP contribution in [-0.4, -0.2) is 15.1 Å². The Kier molecular flexibility index (Phi) is 2.72. The molecule has 0 aliphatic rings. The molecule has 2 N–H and O–H groups in total. The number of hydrogen-bond acceptors (Lipinski definition) is 2. The molecule has 0 saturated heterocycles. The van der Waals surface area contributed by atoms with Crippen molar-refractivity contribution in [2.24, 2.45) is 0 Å². The zero-order valence-electron chi connectivity index (χ0n) is 11.3. The summed E-state index contributed by atoms with van der Waals surface area (Å²) in [5, 5.41) is 12.9. The summed E-state index contributed by atoms with van der Waals surface area (Å²) in [5.74, 6) is 0. The van der Waals surface area contributed by atoms with Crippen LogP contribution in [0, 0.1) is 0 Å². The Morgan fingerprint density at radius 2 is 1.71 bits per heavy atom. The van der Waals surface area contributed by atoms with E-state index in [1.165, 1.54) is 0 Å². The molecular formula is C18H14N2O. The minimum Gasteiger partial charge on any atom is -0.384 e. The Morgan fingerprint density at radius 3 is 2.67 bits per heavy atom. The first-order chi connectivity index (χ1) is 10.3. The molecule has 1 atom stereocenters. The summed E-state index contributed by atoms with van der Waals surface area (Å²) in [6.07, 6.45) is 2.96. The van der Waals surface area contributed by atoms with E-state index in [2.05, 4.69) is 9.97 Å². The van der Waals surface area contributed by atoms with Crippen molar-refractivity contribution in [3.63, 3.8) is 0 Å². The molecule has 21 heavy (non-hydrogen) atoms. The summed E-state index contributed by atoms with van der Waals surface area (Å²) in [7, 11) is 0. The molecule has 4 aromatic rings. The Balaban J connectivity index is 1.94. The highest BCUT2D eigenvalue weighted by molar-refractivity contribution is 5.86. The van der Waals surface area contributed by atoms with Crippen LogP contribution < -0.4 is 0 Å².